The Hall–Kier alpha value is -3.35. The maximum atomic E-state index is 12.7. The van der Waals surface area contributed by atoms with Crippen molar-refractivity contribution in [2.24, 2.45) is 11.8 Å². The van der Waals surface area contributed by atoms with E-state index in [1.54, 1.807) is 0 Å². The maximum absolute atomic E-state index is 12.7. The predicted octanol–water partition coefficient (Wildman–Crippen LogP) is 4.41. The number of amides is 2. The highest BCUT2D eigenvalue weighted by Crippen LogP contribution is 2.44. The number of alkyl carbamates (subject to hydrolysis) is 1. The number of likely N-dealkylation sites (tertiary alicyclic amines) is 1. The summed E-state index contributed by atoms with van der Waals surface area (Å²) < 4.78 is 5.70. The van der Waals surface area contributed by atoms with E-state index in [1.165, 1.54) is 22.3 Å². The minimum atomic E-state index is -0.789. The van der Waals surface area contributed by atoms with Gasteiger partial charge in [0.05, 0.1) is 0 Å². The van der Waals surface area contributed by atoms with Gasteiger partial charge in [0.1, 0.15) is 6.61 Å². The molecule has 7 heteroatoms. The summed E-state index contributed by atoms with van der Waals surface area (Å²) in [6, 6.07) is 16.5. The number of rotatable bonds is 8. The molecule has 1 saturated heterocycles. The Labute approximate surface area is 205 Å². The smallest absolute Gasteiger partial charge is 0.407 e. The fourth-order valence-electron chi connectivity index (χ4n) is 5.90. The lowest BCUT2D eigenvalue weighted by Gasteiger charge is -2.40. The maximum Gasteiger partial charge on any atom is 0.407 e. The number of nitrogens with one attached hydrogen (secondary N) is 1. The van der Waals surface area contributed by atoms with Gasteiger partial charge in [-0.05, 0) is 53.4 Å². The van der Waals surface area contributed by atoms with E-state index < -0.39 is 12.1 Å². The Morgan fingerprint density at radius 2 is 1.63 bits per heavy atom. The van der Waals surface area contributed by atoms with Crippen LogP contribution in [-0.4, -0.2) is 53.7 Å². The molecule has 2 aromatic carbocycles. The van der Waals surface area contributed by atoms with Gasteiger partial charge in [0, 0.05) is 37.9 Å². The zero-order valence-corrected chi connectivity index (χ0v) is 19.8. The number of benzene rings is 2. The standard InChI is InChI=1S/C28H32N2O5/c31-26(30-15-18(16-30)12-13-27(32)33)14-19-6-5-11-25(19)29-28(34)35-17-24-22-9-3-1-7-20(22)21-8-2-4-10-23(21)24/h1-4,7-10,18-19,24-25H,5-6,11-17H2,(H,29,34)(H,32,33). The van der Waals surface area contributed by atoms with Gasteiger partial charge in [-0.1, -0.05) is 55.0 Å². The number of fused-ring (bicyclic) bond motifs is 3. The van der Waals surface area contributed by atoms with Crippen molar-refractivity contribution in [1.82, 2.24) is 10.2 Å². The number of carbonyl (C=O) groups excluding carboxylic acids is 2. The third kappa shape index (κ3) is 5.04. The van der Waals surface area contributed by atoms with Crippen molar-refractivity contribution < 1.29 is 24.2 Å². The monoisotopic (exact) mass is 476 g/mol. The van der Waals surface area contributed by atoms with Crippen LogP contribution in [0.1, 0.15) is 55.6 Å². The zero-order chi connectivity index (χ0) is 24.4. The second-order valence-electron chi connectivity index (χ2n) is 10.1. The molecule has 2 N–H and O–H groups in total. The van der Waals surface area contributed by atoms with Crippen molar-refractivity contribution in [2.45, 2.75) is 50.5 Å². The normalized spacial score (nSPS) is 21.2. The van der Waals surface area contributed by atoms with E-state index in [0.717, 1.165) is 19.3 Å². The van der Waals surface area contributed by atoms with E-state index in [4.69, 9.17) is 9.84 Å². The number of nitrogens with zero attached hydrogens (tertiary/aromatic N) is 1. The lowest BCUT2D eigenvalue weighted by atomic mass is 9.92. The average molecular weight is 477 g/mol. The first-order valence-corrected chi connectivity index (χ1v) is 12.6. The first kappa shape index (κ1) is 23.4. The van der Waals surface area contributed by atoms with Gasteiger partial charge in [0.25, 0.3) is 0 Å². The molecule has 5 rings (SSSR count). The SMILES string of the molecule is O=C(O)CCC1CN(C(=O)CC2CCCC2NC(=O)OCC2c3ccccc3-c3ccccc32)C1. The van der Waals surface area contributed by atoms with Crippen molar-refractivity contribution in [2.75, 3.05) is 19.7 Å². The van der Waals surface area contributed by atoms with E-state index in [-0.39, 0.29) is 42.7 Å². The number of hydrogen-bond donors (Lipinski definition) is 2. The molecule has 2 aliphatic carbocycles. The van der Waals surface area contributed by atoms with Gasteiger partial charge >= 0.3 is 12.1 Å². The van der Waals surface area contributed by atoms with Gasteiger partial charge in [-0.3, -0.25) is 9.59 Å². The predicted molar refractivity (Wildman–Crippen MR) is 131 cm³/mol. The number of hydrogen-bond acceptors (Lipinski definition) is 4. The van der Waals surface area contributed by atoms with E-state index in [9.17, 15) is 14.4 Å². The molecule has 0 bridgehead atoms. The summed E-state index contributed by atoms with van der Waals surface area (Å²) in [5.74, 6) is -0.269. The lowest BCUT2D eigenvalue weighted by Crippen LogP contribution is -2.51. The second kappa shape index (κ2) is 10.1. The molecule has 0 radical (unpaired) electrons. The van der Waals surface area contributed by atoms with Crippen LogP contribution >= 0.6 is 0 Å². The highest BCUT2D eigenvalue weighted by atomic mass is 16.5. The number of ether oxygens (including phenoxy) is 1. The van der Waals surface area contributed by atoms with Crippen LogP contribution in [-0.2, 0) is 14.3 Å². The Kier molecular flexibility index (Phi) is 6.75. The average Bonchev–Trinajstić information content (AvgIpc) is 3.38. The molecule has 2 unspecified atom stereocenters. The Balaban J connectivity index is 1.11. The Morgan fingerprint density at radius 3 is 2.29 bits per heavy atom. The largest absolute Gasteiger partial charge is 0.481 e. The van der Waals surface area contributed by atoms with Crippen LogP contribution in [0.15, 0.2) is 48.5 Å². The summed E-state index contributed by atoms with van der Waals surface area (Å²) in [4.78, 5) is 37.9. The quantitative estimate of drug-likeness (QED) is 0.589. The molecule has 184 valence electrons. The van der Waals surface area contributed by atoms with Gasteiger partial charge in [-0.15, -0.1) is 0 Å². The van der Waals surface area contributed by atoms with E-state index in [2.05, 4.69) is 29.6 Å². The van der Waals surface area contributed by atoms with Crippen LogP contribution in [0.4, 0.5) is 4.79 Å². The number of carboxylic acids is 1. The molecule has 1 saturated carbocycles. The van der Waals surface area contributed by atoms with Crippen molar-refractivity contribution in [3.05, 3.63) is 59.7 Å². The lowest BCUT2D eigenvalue weighted by molar-refractivity contribution is -0.140. The minimum Gasteiger partial charge on any atom is -0.481 e. The van der Waals surface area contributed by atoms with E-state index in [1.807, 2.05) is 29.2 Å². The molecule has 1 aliphatic heterocycles. The molecule has 35 heavy (non-hydrogen) atoms. The van der Waals surface area contributed by atoms with E-state index >= 15 is 0 Å². The van der Waals surface area contributed by atoms with Crippen LogP contribution in [0.3, 0.4) is 0 Å². The van der Waals surface area contributed by atoms with Crippen LogP contribution in [0.25, 0.3) is 11.1 Å². The summed E-state index contributed by atoms with van der Waals surface area (Å²) in [6.45, 7) is 1.56. The molecule has 0 aromatic heterocycles. The van der Waals surface area contributed by atoms with Crippen LogP contribution in [0.5, 0.6) is 0 Å². The van der Waals surface area contributed by atoms with Crippen molar-refractivity contribution in [1.29, 1.82) is 0 Å². The number of carbonyl (C=O) groups is 3. The third-order valence-corrected chi connectivity index (χ3v) is 7.82. The third-order valence-electron chi connectivity index (χ3n) is 7.82. The number of carboxylic acid groups (broad SMARTS) is 1. The molecule has 2 aromatic rings. The van der Waals surface area contributed by atoms with Crippen LogP contribution < -0.4 is 5.32 Å². The van der Waals surface area contributed by atoms with Crippen molar-refractivity contribution in [3.63, 3.8) is 0 Å². The molecule has 2 fully saturated rings. The number of aliphatic carboxylic acids is 1. The van der Waals surface area contributed by atoms with Crippen molar-refractivity contribution >= 4 is 18.0 Å². The molecule has 3 aliphatic rings. The molecular weight excluding hydrogens is 444 g/mol. The van der Waals surface area contributed by atoms with Gasteiger partial charge in [0.2, 0.25) is 5.91 Å². The Bertz CT molecular complexity index is 1060. The molecular formula is C28H32N2O5. The first-order valence-electron chi connectivity index (χ1n) is 12.6. The molecule has 7 nitrogen and oxygen atoms in total. The van der Waals surface area contributed by atoms with Gasteiger partial charge in [-0.25, -0.2) is 4.79 Å². The molecule has 0 spiro atoms. The van der Waals surface area contributed by atoms with Crippen LogP contribution in [0.2, 0.25) is 0 Å². The fourth-order valence-corrected chi connectivity index (χ4v) is 5.90. The van der Waals surface area contributed by atoms with Crippen LogP contribution in [0, 0.1) is 11.8 Å². The van der Waals surface area contributed by atoms with Crippen molar-refractivity contribution in [3.8, 4) is 11.1 Å². The summed E-state index contributed by atoms with van der Waals surface area (Å²) in [6.07, 6.45) is 3.51. The van der Waals surface area contributed by atoms with Gasteiger partial charge < -0.3 is 20.1 Å². The topological polar surface area (TPSA) is 95.9 Å². The second-order valence-corrected chi connectivity index (χ2v) is 10.1. The first-order chi connectivity index (χ1) is 17.0. The van der Waals surface area contributed by atoms with Gasteiger partial charge in [-0.2, -0.15) is 0 Å². The Morgan fingerprint density at radius 1 is 0.971 bits per heavy atom. The summed E-state index contributed by atoms with van der Waals surface area (Å²) in [7, 11) is 0. The van der Waals surface area contributed by atoms with Gasteiger partial charge in [0.15, 0.2) is 0 Å². The zero-order valence-electron chi connectivity index (χ0n) is 19.8. The molecule has 2 atom stereocenters. The summed E-state index contributed by atoms with van der Waals surface area (Å²) in [5, 5.41) is 11.8. The highest BCUT2D eigenvalue weighted by molar-refractivity contribution is 5.79. The van der Waals surface area contributed by atoms with E-state index in [0.29, 0.717) is 25.9 Å². The summed E-state index contributed by atoms with van der Waals surface area (Å²) >= 11 is 0. The summed E-state index contributed by atoms with van der Waals surface area (Å²) in [5.41, 5.74) is 4.76. The minimum absolute atomic E-state index is 0.0228. The fraction of sp³-hybridized carbons (Fsp3) is 0.464. The highest BCUT2D eigenvalue weighted by Gasteiger charge is 2.36. The molecule has 2 amide bonds. The molecule has 1 heterocycles.